The summed E-state index contributed by atoms with van der Waals surface area (Å²) in [6.45, 7) is 0. The average Bonchev–Trinajstić information content (AvgIpc) is 1.55. The lowest BCUT2D eigenvalue weighted by atomic mass is 11.6. The highest BCUT2D eigenvalue weighted by Crippen LogP contribution is 1.69. The van der Waals surface area contributed by atoms with Crippen LogP contribution in [0.2, 0.25) is 0 Å². The van der Waals surface area contributed by atoms with Crippen LogP contribution >= 0.6 is 0 Å². The predicted molar refractivity (Wildman–Crippen MR) is 43.9 cm³/mol. The summed E-state index contributed by atoms with van der Waals surface area (Å²) in [4.78, 5) is 0. The van der Waals surface area contributed by atoms with Gasteiger partial charge in [-0.2, -0.15) is 0 Å². The van der Waals surface area contributed by atoms with Gasteiger partial charge in [0.25, 0.3) is 0 Å². The second-order valence-electron chi connectivity index (χ2n) is 2.02. The van der Waals surface area contributed by atoms with Gasteiger partial charge in [-0.05, 0) is 0 Å². The first-order valence-electron chi connectivity index (χ1n) is 2.47. The van der Waals surface area contributed by atoms with Gasteiger partial charge in [0.2, 0.25) is 19.7 Å². The molecule has 0 aromatic rings. The lowest BCUT2D eigenvalue weighted by Crippen LogP contribution is -3.00. The highest BCUT2D eigenvalue weighted by molar-refractivity contribution is 8.04. The lowest BCUT2D eigenvalue weighted by Gasteiger charge is -1.69. The van der Waals surface area contributed by atoms with Crippen LogP contribution in [0.1, 0.15) is 0 Å². The van der Waals surface area contributed by atoms with Gasteiger partial charge in [0, 0.05) is 12.5 Å². The van der Waals surface area contributed by atoms with Crippen LogP contribution in [0.25, 0.3) is 0 Å². The molecule has 0 heterocycles. The maximum atomic E-state index is 10.4. The summed E-state index contributed by atoms with van der Waals surface area (Å²) in [6, 6.07) is 0. The highest BCUT2D eigenvalue weighted by atomic mass is 127. The van der Waals surface area contributed by atoms with E-state index in [0.717, 1.165) is 12.5 Å². The van der Waals surface area contributed by atoms with Crippen LogP contribution in [0.5, 0.6) is 0 Å². The molecule has 0 bridgehead atoms. The minimum atomic E-state index is -3.33. The van der Waals surface area contributed by atoms with Crippen molar-refractivity contribution in [1.82, 2.24) is 4.67 Å². The van der Waals surface area contributed by atoms with Gasteiger partial charge in [0.15, 0.2) is 0 Å². The van der Waals surface area contributed by atoms with Crippen molar-refractivity contribution in [2.75, 3.05) is 12.5 Å². The zero-order valence-corrected chi connectivity index (χ0v) is 10.2. The fourth-order valence-electron chi connectivity index (χ4n) is 0.246. The maximum absolute atomic E-state index is 10.4. The van der Waals surface area contributed by atoms with Crippen LogP contribution in [0.3, 0.4) is 0 Å². The first kappa shape index (κ1) is 14.6. The Labute approximate surface area is 88.5 Å². The molecule has 8 heteroatoms. The molecular weight excluding hydrogens is 317 g/mol. The van der Waals surface area contributed by atoms with Crippen LogP contribution in [0.4, 0.5) is 0 Å². The first-order valence-corrected chi connectivity index (χ1v) is 6.38. The second kappa shape index (κ2) is 4.95. The molecule has 0 radical (unpaired) electrons. The molecule has 0 spiro atoms. The Balaban J connectivity index is 0. The molecule has 0 unspecified atom stereocenters. The van der Waals surface area contributed by atoms with Crippen LogP contribution in [0, 0.1) is 0 Å². The highest BCUT2D eigenvalue weighted by Gasteiger charge is 2.04. The number of sulfone groups is 2. The maximum Gasteiger partial charge on any atom is 0.382 e. The van der Waals surface area contributed by atoms with Crippen LogP contribution < -0.4 is 28.6 Å². The molecular formula is C4H8INO4S2. The van der Waals surface area contributed by atoms with Crippen molar-refractivity contribution >= 4 is 30.8 Å². The molecule has 0 saturated carbocycles. The van der Waals surface area contributed by atoms with Crippen molar-refractivity contribution in [2.24, 2.45) is 0 Å². The molecule has 5 nitrogen and oxygen atoms in total. The lowest BCUT2D eigenvalue weighted by molar-refractivity contribution is -0.00000714. The average molecular weight is 325 g/mol. The number of nitrogens with zero attached hydrogens (tertiary/aromatic N) is 1. The zero-order chi connectivity index (χ0) is 9.12. The van der Waals surface area contributed by atoms with Crippen molar-refractivity contribution in [3.05, 3.63) is 0 Å². The van der Waals surface area contributed by atoms with Gasteiger partial charge >= 0.3 is 11.1 Å². The quantitative estimate of drug-likeness (QED) is 0.221. The van der Waals surface area contributed by atoms with Gasteiger partial charge in [0.1, 0.15) is 0 Å². The molecule has 0 amide bonds. The Kier molecular flexibility index (Phi) is 6.02. The molecule has 0 N–H and O–H groups in total. The molecule has 0 rings (SSSR count). The molecule has 0 aliphatic heterocycles. The minimum Gasteiger partial charge on any atom is -1.00 e. The van der Waals surface area contributed by atoms with E-state index in [4.69, 9.17) is 0 Å². The first-order chi connectivity index (χ1) is 4.71. The second-order valence-corrected chi connectivity index (χ2v) is 5.76. The number of hydrogen-bond donors (Lipinski definition) is 0. The molecule has 0 fully saturated rings. The van der Waals surface area contributed by atoms with E-state index in [2.05, 4.69) is 4.67 Å². The minimum absolute atomic E-state index is 0. The van der Waals surface area contributed by atoms with Crippen molar-refractivity contribution in [3.63, 3.8) is 0 Å². The van der Waals surface area contributed by atoms with Gasteiger partial charge in [-0.25, -0.2) is 16.8 Å². The molecule has 0 atom stereocenters. The van der Waals surface area contributed by atoms with Crippen molar-refractivity contribution in [2.45, 2.75) is 0 Å². The van der Waals surface area contributed by atoms with Gasteiger partial charge in [0.05, 0.1) is 0 Å². The van der Waals surface area contributed by atoms with E-state index in [9.17, 15) is 16.8 Å². The van der Waals surface area contributed by atoms with E-state index in [1.54, 1.807) is 0 Å². The number of halogens is 1. The standard InChI is InChI=1S/C4H8NO4S2.HI/c1-10(6,7)3-5-4-11(2,8)9;/h3-4H,1-2H3;1H/q+1;/p-1. The Hall–Kier alpha value is 0.0800. The topological polar surface area (TPSA) is 82.4 Å². The van der Waals surface area contributed by atoms with Gasteiger partial charge in [-0.1, -0.05) is 4.67 Å². The molecule has 0 aromatic carbocycles. The van der Waals surface area contributed by atoms with Crippen LogP contribution in [0.15, 0.2) is 0 Å². The van der Waals surface area contributed by atoms with Crippen molar-refractivity contribution in [1.29, 1.82) is 0 Å². The van der Waals surface area contributed by atoms with Crippen LogP contribution in [-0.4, -0.2) is 40.4 Å². The van der Waals surface area contributed by atoms with E-state index in [-0.39, 0.29) is 24.0 Å². The van der Waals surface area contributed by atoms with Crippen molar-refractivity contribution < 1.29 is 40.8 Å². The van der Waals surface area contributed by atoms with Crippen molar-refractivity contribution in [3.8, 4) is 0 Å². The summed E-state index contributed by atoms with van der Waals surface area (Å²) in [5, 5.41) is 0. The summed E-state index contributed by atoms with van der Waals surface area (Å²) in [6.07, 6.45) is 1.85. The monoisotopic (exact) mass is 325 g/mol. The van der Waals surface area contributed by atoms with Gasteiger partial charge in [-0.3, -0.25) is 0 Å². The smallest absolute Gasteiger partial charge is 0.382 e. The summed E-state index contributed by atoms with van der Waals surface area (Å²) in [5.41, 5.74) is 1.15. The Bertz CT molecular complexity index is 351. The largest absolute Gasteiger partial charge is 1.00 e. The van der Waals surface area contributed by atoms with Gasteiger partial charge in [-0.15, -0.1) is 0 Å². The Morgan fingerprint density at radius 1 is 0.917 bits per heavy atom. The zero-order valence-electron chi connectivity index (χ0n) is 6.43. The summed E-state index contributed by atoms with van der Waals surface area (Å²) in [5.74, 6) is 0. The normalized spacial score (nSPS) is 10.8. The van der Waals surface area contributed by atoms with E-state index in [1.165, 1.54) is 0 Å². The molecule has 12 heavy (non-hydrogen) atoms. The molecule has 0 saturated heterocycles. The Morgan fingerprint density at radius 3 is 1.33 bits per heavy atom. The third-order valence-corrected chi connectivity index (χ3v) is 1.51. The SMILES string of the molecule is CS(=O)(=O)C=[N+]=CS(C)(=O)=O.[I-]. The van der Waals surface area contributed by atoms with E-state index in [0.29, 0.717) is 11.1 Å². The van der Waals surface area contributed by atoms with Crippen LogP contribution in [-0.2, 0) is 19.7 Å². The third-order valence-electron chi connectivity index (χ3n) is 0.505. The number of hydrogen-bond acceptors (Lipinski definition) is 4. The molecule has 72 valence electrons. The van der Waals surface area contributed by atoms with E-state index < -0.39 is 19.7 Å². The summed E-state index contributed by atoms with van der Waals surface area (Å²) in [7, 11) is -6.67. The molecule has 0 aliphatic carbocycles. The Morgan fingerprint density at radius 2 is 1.17 bits per heavy atom. The summed E-state index contributed by atoms with van der Waals surface area (Å²) < 4.78 is 44.5. The number of rotatable bonds is 2. The van der Waals surface area contributed by atoms with E-state index in [1.807, 2.05) is 0 Å². The van der Waals surface area contributed by atoms with E-state index >= 15 is 0 Å². The van der Waals surface area contributed by atoms with Gasteiger partial charge < -0.3 is 24.0 Å². The summed E-state index contributed by atoms with van der Waals surface area (Å²) >= 11 is 0. The molecule has 0 aromatic heterocycles. The third kappa shape index (κ3) is 12.7. The predicted octanol–water partition coefficient (Wildman–Crippen LogP) is -4.80. The molecule has 0 aliphatic rings. The fourth-order valence-corrected chi connectivity index (χ4v) is 0.887. The fraction of sp³-hybridized carbons (Fsp3) is 0.500.